The van der Waals surface area contributed by atoms with Gasteiger partial charge in [0.1, 0.15) is 0 Å². The first-order chi connectivity index (χ1) is 13.6. The fourth-order valence-electron chi connectivity index (χ4n) is 3.69. The number of hydrogen-bond acceptors (Lipinski definition) is 4. The molecule has 0 unspecified atom stereocenters. The van der Waals surface area contributed by atoms with Crippen LogP contribution >= 0.6 is 0 Å². The van der Waals surface area contributed by atoms with Gasteiger partial charge in [-0.25, -0.2) is 4.79 Å². The lowest BCUT2D eigenvalue weighted by Gasteiger charge is -2.20. The van der Waals surface area contributed by atoms with Crippen molar-refractivity contribution in [1.82, 2.24) is 4.98 Å². The van der Waals surface area contributed by atoms with E-state index in [-0.39, 0.29) is 12.5 Å². The number of esters is 1. The van der Waals surface area contributed by atoms with E-state index in [0.29, 0.717) is 11.3 Å². The SMILES string of the molecule is Cc1ccc2nc3c(c(C(=O)OCC(=O)Nc4ccccc4)c2c1)CCCC3. The van der Waals surface area contributed by atoms with Crippen LogP contribution in [0.15, 0.2) is 48.5 Å². The zero-order valence-electron chi connectivity index (χ0n) is 15.8. The molecule has 28 heavy (non-hydrogen) atoms. The van der Waals surface area contributed by atoms with Crippen LogP contribution in [-0.4, -0.2) is 23.5 Å². The number of nitrogens with zero attached hydrogens (tertiary/aromatic N) is 1. The number of aromatic nitrogens is 1. The van der Waals surface area contributed by atoms with Gasteiger partial charge in [0, 0.05) is 16.8 Å². The smallest absolute Gasteiger partial charge is 0.339 e. The van der Waals surface area contributed by atoms with Crippen LogP contribution in [0.2, 0.25) is 0 Å². The van der Waals surface area contributed by atoms with Crippen LogP contribution in [0.4, 0.5) is 5.69 Å². The van der Waals surface area contributed by atoms with Crippen LogP contribution in [0, 0.1) is 6.92 Å². The summed E-state index contributed by atoms with van der Waals surface area (Å²) in [4.78, 5) is 29.9. The Balaban J connectivity index is 1.59. The van der Waals surface area contributed by atoms with Gasteiger partial charge in [-0.15, -0.1) is 0 Å². The van der Waals surface area contributed by atoms with Crippen LogP contribution in [-0.2, 0) is 22.4 Å². The molecular weight excluding hydrogens is 352 g/mol. The number of aryl methyl sites for hydroxylation is 2. The van der Waals surface area contributed by atoms with E-state index in [0.717, 1.165) is 53.4 Å². The Bertz CT molecular complexity index is 1040. The molecule has 0 bridgehead atoms. The second kappa shape index (κ2) is 7.80. The number of hydrogen-bond donors (Lipinski definition) is 1. The Morgan fingerprint density at radius 2 is 1.86 bits per heavy atom. The number of anilines is 1. The lowest BCUT2D eigenvalue weighted by molar-refractivity contribution is -0.119. The molecule has 0 fully saturated rings. The summed E-state index contributed by atoms with van der Waals surface area (Å²) in [5.41, 5.74) is 5.04. The first-order valence-corrected chi connectivity index (χ1v) is 9.56. The average Bonchev–Trinajstić information content (AvgIpc) is 2.71. The molecular formula is C23H22N2O3. The second-order valence-corrected chi connectivity index (χ2v) is 7.13. The highest BCUT2D eigenvalue weighted by atomic mass is 16.5. The molecule has 5 heteroatoms. The molecule has 2 aromatic carbocycles. The molecule has 1 aliphatic carbocycles. The van der Waals surface area contributed by atoms with Crippen LogP contribution in [0.3, 0.4) is 0 Å². The van der Waals surface area contributed by atoms with E-state index in [9.17, 15) is 9.59 Å². The van der Waals surface area contributed by atoms with Gasteiger partial charge in [-0.1, -0.05) is 29.8 Å². The highest BCUT2D eigenvalue weighted by Crippen LogP contribution is 2.30. The molecule has 0 saturated heterocycles. The Morgan fingerprint density at radius 1 is 1.07 bits per heavy atom. The fourth-order valence-corrected chi connectivity index (χ4v) is 3.69. The third-order valence-electron chi connectivity index (χ3n) is 5.01. The summed E-state index contributed by atoms with van der Waals surface area (Å²) >= 11 is 0. The molecule has 1 amide bonds. The van der Waals surface area contributed by atoms with Gasteiger partial charge in [0.15, 0.2) is 6.61 Å². The molecule has 1 aromatic heterocycles. The minimum Gasteiger partial charge on any atom is -0.452 e. The molecule has 1 heterocycles. The first kappa shape index (κ1) is 18.2. The molecule has 0 aliphatic heterocycles. The van der Waals surface area contributed by atoms with Gasteiger partial charge >= 0.3 is 5.97 Å². The summed E-state index contributed by atoms with van der Waals surface area (Å²) in [6.07, 6.45) is 3.78. The molecule has 1 aliphatic rings. The molecule has 142 valence electrons. The van der Waals surface area contributed by atoms with E-state index in [1.54, 1.807) is 12.1 Å². The summed E-state index contributed by atoms with van der Waals surface area (Å²) < 4.78 is 5.40. The van der Waals surface area contributed by atoms with Gasteiger partial charge in [0.25, 0.3) is 5.91 Å². The van der Waals surface area contributed by atoms with Gasteiger partial charge in [0.2, 0.25) is 0 Å². The highest BCUT2D eigenvalue weighted by Gasteiger charge is 2.24. The summed E-state index contributed by atoms with van der Waals surface area (Å²) in [6, 6.07) is 15.0. The van der Waals surface area contributed by atoms with Gasteiger partial charge in [-0.05, 0) is 62.4 Å². The van der Waals surface area contributed by atoms with Crippen molar-refractivity contribution in [3.05, 3.63) is 70.9 Å². The van der Waals surface area contributed by atoms with Crippen LogP contribution in [0.1, 0.15) is 40.0 Å². The van der Waals surface area contributed by atoms with E-state index in [4.69, 9.17) is 9.72 Å². The van der Waals surface area contributed by atoms with Crippen molar-refractivity contribution in [2.45, 2.75) is 32.6 Å². The van der Waals surface area contributed by atoms with Crippen molar-refractivity contribution in [3.8, 4) is 0 Å². The largest absolute Gasteiger partial charge is 0.452 e. The van der Waals surface area contributed by atoms with Crippen molar-refractivity contribution < 1.29 is 14.3 Å². The summed E-state index contributed by atoms with van der Waals surface area (Å²) in [5, 5.41) is 3.53. The van der Waals surface area contributed by atoms with E-state index >= 15 is 0 Å². The number of nitrogens with one attached hydrogen (secondary N) is 1. The fraction of sp³-hybridized carbons (Fsp3) is 0.261. The van der Waals surface area contributed by atoms with Crippen LogP contribution in [0.5, 0.6) is 0 Å². The normalized spacial score (nSPS) is 13.0. The van der Waals surface area contributed by atoms with E-state index in [1.807, 2.05) is 43.3 Å². The average molecular weight is 374 g/mol. The van der Waals surface area contributed by atoms with Crippen molar-refractivity contribution in [2.75, 3.05) is 11.9 Å². The van der Waals surface area contributed by atoms with Gasteiger partial charge in [-0.2, -0.15) is 0 Å². The number of amides is 1. The highest BCUT2D eigenvalue weighted by molar-refractivity contribution is 6.06. The first-order valence-electron chi connectivity index (χ1n) is 9.56. The number of fused-ring (bicyclic) bond motifs is 2. The van der Waals surface area contributed by atoms with E-state index in [2.05, 4.69) is 5.32 Å². The molecule has 0 atom stereocenters. The molecule has 5 nitrogen and oxygen atoms in total. The number of ether oxygens (including phenoxy) is 1. The van der Waals surface area contributed by atoms with Gasteiger partial charge < -0.3 is 10.1 Å². The maximum Gasteiger partial charge on any atom is 0.339 e. The summed E-state index contributed by atoms with van der Waals surface area (Å²) in [5.74, 6) is -0.817. The number of rotatable bonds is 4. The Hall–Kier alpha value is -3.21. The minimum atomic E-state index is -0.459. The molecule has 4 rings (SSSR count). The lowest BCUT2D eigenvalue weighted by Crippen LogP contribution is -2.22. The number of benzene rings is 2. The molecule has 0 radical (unpaired) electrons. The second-order valence-electron chi connectivity index (χ2n) is 7.13. The zero-order valence-corrected chi connectivity index (χ0v) is 15.8. The van der Waals surface area contributed by atoms with Crippen molar-refractivity contribution >= 4 is 28.5 Å². The number of carbonyl (C=O) groups excluding carboxylic acids is 2. The maximum atomic E-state index is 13.0. The van der Waals surface area contributed by atoms with E-state index in [1.165, 1.54) is 0 Å². The number of carbonyl (C=O) groups is 2. The van der Waals surface area contributed by atoms with Gasteiger partial charge in [-0.3, -0.25) is 9.78 Å². The summed E-state index contributed by atoms with van der Waals surface area (Å²) in [7, 11) is 0. The van der Waals surface area contributed by atoms with Crippen molar-refractivity contribution in [3.63, 3.8) is 0 Å². The standard InChI is InChI=1S/C23H22N2O3/c1-15-11-12-20-18(13-15)22(17-9-5-6-10-19(17)25-20)23(27)28-14-21(26)24-16-7-3-2-4-8-16/h2-4,7-8,11-13H,5-6,9-10,14H2,1H3,(H,24,26). The van der Waals surface area contributed by atoms with Crippen molar-refractivity contribution in [2.24, 2.45) is 0 Å². The number of para-hydroxylation sites is 1. The predicted octanol–water partition coefficient (Wildman–Crippen LogP) is 4.22. The van der Waals surface area contributed by atoms with Crippen molar-refractivity contribution in [1.29, 1.82) is 0 Å². The minimum absolute atomic E-state index is 0.321. The molecule has 0 spiro atoms. The summed E-state index contributed by atoms with van der Waals surface area (Å²) in [6.45, 7) is 1.67. The Kier molecular flexibility index (Phi) is 5.06. The number of pyridine rings is 1. The Labute approximate surface area is 163 Å². The van der Waals surface area contributed by atoms with E-state index < -0.39 is 5.97 Å². The zero-order chi connectivity index (χ0) is 19.5. The Morgan fingerprint density at radius 3 is 2.68 bits per heavy atom. The topological polar surface area (TPSA) is 68.3 Å². The lowest BCUT2D eigenvalue weighted by atomic mass is 9.89. The van der Waals surface area contributed by atoms with Crippen LogP contribution in [0.25, 0.3) is 10.9 Å². The quantitative estimate of drug-likeness (QED) is 0.695. The molecule has 1 N–H and O–H groups in total. The maximum absolute atomic E-state index is 13.0. The monoisotopic (exact) mass is 374 g/mol. The predicted molar refractivity (Wildman–Crippen MR) is 108 cm³/mol. The molecule has 3 aromatic rings. The van der Waals surface area contributed by atoms with Crippen LogP contribution < -0.4 is 5.32 Å². The van der Waals surface area contributed by atoms with Gasteiger partial charge in [0.05, 0.1) is 11.1 Å². The third kappa shape index (κ3) is 3.74. The third-order valence-corrected chi connectivity index (χ3v) is 5.01. The molecule has 0 saturated carbocycles.